The fourth-order valence-electron chi connectivity index (χ4n) is 3.07. The molecule has 2 aromatic rings. The van der Waals surface area contributed by atoms with Gasteiger partial charge in [-0.25, -0.2) is 9.97 Å². The molecule has 3 rings (SSSR count). The Kier molecular flexibility index (Phi) is 5.03. The highest BCUT2D eigenvalue weighted by atomic mass is 16.2. The second kappa shape index (κ2) is 7.38. The van der Waals surface area contributed by atoms with E-state index in [0.29, 0.717) is 6.54 Å². The summed E-state index contributed by atoms with van der Waals surface area (Å²) in [6.07, 6.45) is 7.12. The number of anilines is 2. The lowest BCUT2D eigenvalue weighted by atomic mass is 9.93. The Morgan fingerprint density at radius 2 is 2.04 bits per heavy atom. The third-order valence-electron chi connectivity index (χ3n) is 4.25. The van der Waals surface area contributed by atoms with Crippen LogP contribution in [0, 0.1) is 5.92 Å². The molecule has 3 heterocycles. The minimum atomic E-state index is 0.0247. The molecule has 2 aromatic heterocycles. The van der Waals surface area contributed by atoms with Crippen molar-refractivity contribution in [3.05, 3.63) is 42.5 Å². The summed E-state index contributed by atoms with van der Waals surface area (Å²) in [5.74, 6) is 1.89. The van der Waals surface area contributed by atoms with E-state index in [-0.39, 0.29) is 17.7 Å². The molecule has 1 N–H and O–H groups in total. The van der Waals surface area contributed by atoms with Gasteiger partial charge in [0.15, 0.2) is 5.82 Å². The first kappa shape index (κ1) is 16.4. The van der Waals surface area contributed by atoms with Gasteiger partial charge in [-0.15, -0.1) is 0 Å². The van der Waals surface area contributed by atoms with Gasteiger partial charge in [0.1, 0.15) is 5.82 Å². The van der Waals surface area contributed by atoms with Gasteiger partial charge >= 0.3 is 0 Å². The number of amides is 1. The standard InChI is InChI=1S/C18H23N5O/c1-13(2)18(24)23-11-5-6-14(12-23)16-17(21-10-9-20-16)22-15-7-3-4-8-19-15/h3-4,7-10,13-14H,5-6,11-12H2,1-2H3,(H,19,21,22)/t14-/m1/s1. The van der Waals surface area contributed by atoms with Gasteiger partial charge in [-0.3, -0.25) is 9.78 Å². The van der Waals surface area contributed by atoms with E-state index < -0.39 is 0 Å². The van der Waals surface area contributed by atoms with Crippen LogP contribution in [0.3, 0.4) is 0 Å². The van der Waals surface area contributed by atoms with E-state index in [4.69, 9.17) is 0 Å². The molecule has 0 radical (unpaired) electrons. The van der Waals surface area contributed by atoms with Crippen LogP contribution in [0.25, 0.3) is 0 Å². The van der Waals surface area contributed by atoms with Crippen molar-refractivity contribution in [3.8, 4) is 0 Å². The van der Waals surface area contributed by atoms with Gasteiger partial charge in [0.2, 0.25) is 5.91 Å². The van der Waals surface area contributed by atoms with E-state index in [9.17, 15) is 4.79 Å². The van der Waals surface area contributed by atoms with Crippen LogP contribution in [-0.2, 0) is 4.79 Å². The largest absolute Gasteiger partial charge is 0.342 e. The first-order chi connectivity index (χ1) is 11.6. The summed E-state index contributed by atoms with van der Waals surface area (Å²) in [6, 6.07) is 5.70. The topological polar surface area (TPSA) is 71.0 Å². The SMILES string of the molecule is CC(C)C(=O)N1CCC[C@@H](c2nccnc2Nc2ccccn2)C1. The smallest absolute Gasteiger partial charge is 0.225 e. The molecule has 1 aliphatic rings. The number of rotatable bonds is 4. The molecular weight excluding hydrogens is 302 g/mol. The minimum absolute atomic E-state index is 0.0247. The maximum Gasteiger partial charge on any atom is 0.225 e. The van der Waals surface area contributed by atoms with Crippen LogP contribution in [0.1, 0.15) is 38.3 Å². The van der Waals surface area contributed by atoms with Crippen LogP contribution < -0.4 is 5.32 Å². The number of nitrogens with zero attached hydrogens (tertiary/aromatic N) is 4. The number of carbonyl (C=O) groups is 1. The molecule has 6 heteroatoms. The second-order valence-corrected chi connectivity index (χ2v) is 6.41. The molecule has 24 heavy (non-hydrogen) atoms. The molecule has 1 atom stereocenters. The molecule has 0 unspecified atom stereocenters. The predicted octanol–water partition coefficient (Wildman–Crippen LogP) is 2.98. The maximum absolute atomic E-state index is 12.3. The summed E-state index contributed by atoms with van der Waals surface area (Å²) in [6.45, 7) is 5.42. The number of pyridine rings is 1. The van der Waals surface area contributed by atoms with Crippen molar-refractivity contribution in [2.75, 3.05) is 18.4 Å². The Bertz CT molecular complexity index is 689. The predicted molar refractivity (Wildman–Crippen MR) is 92.9 cm³/mol. The van der Waals surface area contributed by atoms with Crippen LogP contribution in [0.4, 0.5) is 11.6 Å². The molecule has 0 aromatic carbocycles. The lowest BCUT2D eigenvalue weighted by molar-refractivity contribution is -0.135. The molecule has 1 fully saturated rings. The van der Waals surface area contributed by atoms with Gasteiger partial charge in [0.05, 0.1) is 5.69 Å². The Hall–Kier alpha value is -2.50. The van der Waals surface area contributed by atoms with Crippen LogP contribution in [-0.4, -0.2) is 38.8 Å². The van der Waals surface area contributed by atoms with Crippen molar-refractivity contribution in [2.45, 2.75) is 32.6 Å². The quantitative estimate of drug-likeness (QED) is 0.936. The molecular formula is C18H23N5O. The fourth-order valence-corrected chi connectivity index (χ4v) is 3.07. The molecule has 1 amide bonds. The van der Waals surface area contributed by atoms with Crippen molar-refractivity contribution in [3.63, 3.8) is 0 Å². The van der Waals surface area contributed by atoms with Crippen molar-refractivity contribution < 1.29 is 4.79 Å². The third-order valence-corrected chi connectivity index (χ3v) is 4.25. The van der Waals surface area contributed by atoms with E-state index in [0.717, 1.165) is 36.7 Å². The summed E-state index contributed by atoms with van der Waals surface area (Å²) in [5.41, 5.74) is 0.907. The fraction of sp³-hybridized carbons (Fsp3) is 0.444. The van der Waals surface area contributed by atoms with Crippen LogP contribution in [0.15, 0.2) is 36.8 Å². The van der Waals surface area contributed by atoms with Gasteiger partial charge in [-0.05, 0) is 25.0 Å². The number of nitrogens with one attached hydrogen (secondary N) is 1. The molecule has 0 spiro atoms. The zero-order valence-corrected chi connectivity index (χ0v) is 14.1. The van der Waals surface area contributed by atoms with E-state index in [1.54, 1.807) is 18.6 Å². The number of hydrogen-bond acceptors (Lipinski definition) is 5. The molecule has 0 bridgehead atoms. The number of carbonyl (C=O) groups excluding carboxylic acids is 1. The Balaban J connectivity index is 1.80. The molecule has 0 saturated carbocycles. The zero-order valence-electron chi connectivity index (χ0n) is 14.1. The Morgan fingerprint density at radius 3 is 2.79 bits per heavy atom. The molecule has 1 saturated heterocycles. The molecule has 126 valence electrons. The highest BCUT2D eigenvalue weighted by molar-refractivity contribution is 5.78. The lowest BCUT2D eigenvalue weighted by Gasteiger charge is -2.34. The first-order valence-corrected chi connectivity index (χ1v) is 8.43. The average molecular weight is 325 g/mol. The van der Waals surface area contributed by atoms with Gasteiger partial charge in [-0.1, -0.05) is 19.9 Å². The minimum Gasteiger partial charge on any atom is -0.342 e. The lowest BCUT2D eigenvalue weighted by Crippen LogP contribution is -2.41. The summed E-state index contributed by atoms with van der Waals surface area (Å²) < 4.78 is 0. The van der Waals surface area contributed by atoms with E-state index in [1.807, 2.05) is 36.9 Å². The Morgan fingerprint density at radius 1 is 1.21 bits per heavy atom. The van der Waals surface area contributed by atoms with Gasteiger partial charge in [0.25, 0.3) is 0 Å². The number of aromatic nitrogens is 3. The van der Waals surface area contributed by atoms with E-state index in [2.05, 4.69) is 20.3 Å². The molecule has 1 aliphatic heterocycles. The van der Waals surface area contributed by atoms with E-state index >= 15 is 0 Å². The number of hydrogen-bond donors (Lipinski definition) is 1. The second-order valence-electron chi connectivity index (χ2n) is 6.41. The summed E-state index contributed by atoms with van der Waals surface area (Å²) in [5, 5.41) is 3.25. The van der Waals surface area contributed by atoms with Crippen LogP contribution in [0.2, 0.25) is 0 Å². The van der Waals surface area contributed by atoms with Crippen molar-refractivity contribution >= 4 is 17.5 Å². The number of likely N-dealkylation sites (tertiary alicyclic amines) is 1. The van der Waals surface area contributed by atoms with Crippen molar-refractivity contribution in [1.82, 2.24) is 19.9 Å². The molecule has 6 nitrogen and oxygen atoms in total. The van der Waals surface area contributed by atoms with Crippen LogP contribution in [0.5, 0.6) is 0 Å². The molecule has 0 aliphatic carbocycles. The van der Waals surface area contributed by atoms with Gasteiger partial charge in [-0.2, -0.15) is 0 Å². The summed E-state index contributed by atoms with van der Waals surface area (Å²) in [7, 11) is 0. The van der Waals surface area contributed by atoms with Crippen LogP contribution >= 0.6 is 0 Å². The third kappa shape index (κ3) is 3.69. The first-order valence-electron chi connectivity index (χ1n) is 8.43. The average Bonchev–Trinajstić information content (AvgIpc) is 2.62. The monoisotopic (exact) mass is 325 g/mol. The highest BCUT2D eigenvalue weighted by Gasteiger charge is 2.28. The van der Waals surface area contributed by atoms with Gasteiger partial charge in [0, 0.05) is 43.5 Å². The van der Waals surface area contributed by atoms with Crippen molar-refractivity contribution in [1.29, 1.82) is 0 Å². The Labute approximate surface area is 142 Å². The van der Waals surface area contributed by atoms with Crippen molar-refractivity contribution in [2.24, 2.45) is 5.92 Å². The zero-order chi connectivity index (χ0) is 16.9. The summed E-state index contributed by atoms with van der Waals surface area (Å²) >= 11 is 0. The van der Waals surface area contributed by atoms with E-state index in [1.165, 1.54) is 0 Å². The maximum atomic E-state index is 12.3. The normalized spacial score (nSPS) is 17.8. The number of piperidine rings is 1. The summed E-state index contributed by atoms with van der Waals surface area (Å²) in [4.78, 5) is 27.5. The van der Waals surface area contributed by atoms with Gasteiger partial charge < -0.3 is 10.2 Å². The highest BCUT2D eigenvalue weighted by Crippen LogP contribution is 2.30.